The number of hydrogen-bond acceptors (Lipinski definition) is 2. The van der Waals surface area contributed by atoms with E-state index in [2.05, 4.69) is 176 Å². The molecule has 2 nitrogen and oxygen atoms in total. The van der Waals surface area contributed by atoms with Gasteiger partial charge in [-0.2, -0.15) is 0 Å². The van der Waals surface area contributed by atoms with Crippen LogP contribution in [0.2, 0.25) is 0 Å². The van der Waals surface area contributed by atoms with Gasteiger partial charge in [-0.15, -0.1) is 17.0 Å². The van der Waals surface area contributed by atoms with E-state index < -0.39 is 0 Å². The topological polar surface area (TPSA) is 29.5 Å². The zero-order valence-electron chi connectivity index (χ0n) is 30.9. The number of benzene rings is 10. The number of ether oxygens (including phenoxy) is 1. The van der Waals surface area contributed by atoms with Gasteiger partial charge in [-0.3, -0.25) is 0 Å². The van der Waals surface area contributed by atoms with Crippen molar-refractivity contribution in [3.05, 3.63) is 206 Å². The van der Waals surface area contributed by atoms with Gasteiger partial charge in [0.25, 0.3) is 0 Å². The third kappa shape index (κ3) is 6.90. The van der Waals surface area contributed by atoms with Gasteiger partial charge in [0.2, 0.25) is 0 Å². The van der Waals surface area contributed by atoms with Crippen LogP contribution in [0, 0.1) is 0 Å². The summed E-state index contributed by atoms with van der Waals surface area (Å²) in [5.41, 5.74) is 9.67. The van der Waals surface area contributed by atoms with Crippen LogP contribution in [-0.2, 0) is 0 Å². The average Bonchev–Trinajstić information content (AvgIpc) is 3.26. The molecule has 0 aromatic heterocycles. The summed E-state index contributed by atoms with van der Waals surface area (Å²) in [6.07, 6.45) is 0. The van der Waals surface area contributed by atoms with E-state index in [1.54, 1.807) is 13.2 Å². The largest absolute Gasteiger partial charge is 0.507 e. The normalized spacial score (nSPS) is 10.9. The standard InChI is InChI=1S/C27H20O.C26H18O.BrH/c1-28-27-18-17-24(25-10-4-5-11-26(25)27)21-15-13-20(14-16-21)23-12-6-8-19-7-2-3-9-22(19)23;27-26-17-16-23(24-9-3-4-10-25(24)26)20-14-12-19(13-15-20)22-11-5-7-18-6-1-2-8-21(18)22;/h2-18H,1H3;1-17,27H;1H. The Bertz CT molecular complexity index is 2960. The highest BCUT2D eigenvalue weighted by molar-refractivity contribution is 8.93. The smallest absolute Gasteiger partial charge is 0.126 e. The van der Waals surface area contributed by atoms with E-state index in [-0.39, 0.29) is 17.0 Å². The zero-order chi connectivity index (χ0) is 37.1. The molecule has 10 aromatic rings. The number of methoxy groups -OCH3 is 1. The van der Waals surface area contributed by atoms with E-state index in [1.807, 2.05) is 24.3 Å². The lowest BCUT2D eigenvalue weighted by Crippen LogP contribution is -1.88. The molecular formula is C53H39BrO2. The highest BCUT2D eigenvalue weighted by Gasteiger charge is 2.11. The highest BCUT2D eigenvalue weighted by Crippen LogP contribution is 2.38. The van der Waals surface area contributed by atoms with Gasteiger partial charge >= 0.3 is 0 Å². The monoisotopic (exact) mass is 786 g/mol. The van der Waals surface area contributed by atoms with Crippen LogP contribution in [0.3, 0.4) is 0 Å². The quantitative estimate of drug-likeness (QED) is 0.188. The van der Waals surface area contributed by atoms with E-state index >= 15 is 0 Å². The second-order valence-electron chi connectivity index (χ2n) is 13.7. The van der Waals surface area contributed by atoms with Gasteiger partial charge in [-0.25, -0.2) is 0 Å². The summed E-state index contributed by atoms with van der Waals surface area (Å²) in [6, 6.07) is 71.8. The summed E-state index contributed by atoms with van der Waals surface area (Å²) in [5, 5.41) is 19.5. The molecule has 0 aliphatic heterocycles. The van der Waals surface area contributed by atoms with E-state index in [9.17, 15) is 5.11 Å². The fraction of sp³-hybridized carbons (Fsp3) is 0.0189. The van der Waals surface area contributed by atoms with Crippen molar-refractivity contribution in [2.75, 3.05) is 7.11 Å². The lowest BCUT2D eigenvalue weighted by molar-refractivity contribution is 0.420. The van der Waals surface area contributed by atoms with Gasteiger partial charge in [0.15, 0.2) is 0 Å². The first-order chi connectivity index (χ1) is 27.2. The van der Waals surface area contributed by atoms with Crippen LogP contribution in [0.15, 0.2) is 206 Å². The molecule has 56 heavy (non-hydrogen) atoms. The van der Waals surface area contributed by atoms with Crippen LogP contribution in [0.5, 0.6) is 11.5 Å². The Morgan fingerprint density at radius 1 is 0.304 bits per heavy atom. The Kier molecular flexibility index (Phi) is 10.4. The minimum absolute atomic E-state index is 0. The van der Waals surface area contributed by atoms with Crippen LogP contribution in [0.25, 0.3) is 87.6 Å². The van der Waals surface area contributed by atoms with Gasteiger partial charge < -0.3 is 9.84 Å². The molecular weight excluding hydrogens is 748 g/mol. The van der Waals surface area contributed by atoms with Crippen molar-refractivity contribution in [2.45, 2.75) is 0 Å². The third-order valence-corrected chi connectivity index (χ3v) is 10.6. The second-order valence-corrected chi connectivity index (χ2v) is 13.7. The molecule has 0 saturated carbocycles. The van der Waals surface area contributed by atoms with Crippen molar-refractivity contribution in [3.8, 4) is 56.0 Å². The summed E-state index contributed by atoms with van der Waals surface area (Å²) in [6.45, 7) is 0. The minimum Gasteiger partial charge on any atom is -0.507 e. The van der Waals surface area contributed by atoms with E-state index in [1.165, 1.54) is 60.3 Å². The summed E-state index contributed by atoms with van der Waals surface area (Å²) in [5.74, 6) is 1.23. The molecule has 0 unspecified atom stereocenters. The molecule has 0 heterocycles. The van der Waals surface area contributed by atoms with Gasteiger partial charge in [0, 0.05) is 10.8 Å². The van der Waals surface area contributed by atoms with Crippen LogP contribution in [-0.4, -0.2) is 12.2 Å². The maximum atomic E-state index is 10.1. The fourth-order valence-corrected chi connectivity index (χ4v) is 7.85. The Morgan fingerprint density at radius 2 is 0.643 bits per heavy atom. The summed E-state index contributed by atoms with van der Waals surface area (Å²) in [4.78, 5) is 0. The number of phenolic OH excluding ortho intramolecular Hbond substituents is 1. The molecule has 10 aromatic carbocycles. The SMILES string of the molecule is Br.COc1ccc(-c2ccc(-c3cccc4ccccc34)cc2)c2ccccc12.Oc1ccc(-c2ccc(-c3cccc4ccccc34)cc2)c2ccccc12. The third-order valence-electron chi connectivity index (χ3n) is 10.6. The van der Waals surface area contributed by atoms with E-state index in [0.29, 0.717) is 5.75 Å². The van der Waals surface area contributed by atoms with Gasteiger partial charge in [0.1, 0.15) is 11.5 Å². The number of fused-ring (bicyclic) bond motifs is 4. The Hall–Kier alpha value is -6.68. The maximum absolute atomic E-state index is 10.1. The van der Waals surface area contributed by atoms with Crippen molar-refractivity contribution in [3.63, 3.8) is 0 Å². The molecule has 0 atom stereocenters. The van der Waals surface area contributed by atoms with E-state index in [4.69, 9.17) is 4.74 Å². The molecule has 0 bridgehead atoms. The number of hydrogen-bond donors (Lipinski definition) is 1. The molecule has 1 N–H and O–H groups in total. The maximum Gasteiger partial charge on any atom is 0.126 e. The molecule has 0 fully saturated rings. The van der Waals surface area contributed by atoms with Crippen LogP contribution in [0.4, 0.5) is 0 Å². The molecule has 0 aliphatic rings. The second kappa shape index (κ2) is 16.0. The number of halogens is 1. The van der Waals surface area contributed by atoms with Crippen molar-refractivity contribution in [2.24, 2.45) is 0 Å². The summed E-state index contributed by atoms with van der Waals surface area (Å²) < 4.78 is 5.54. The van der Waals surface area contributed by atoms with Crippen LogP contribution in [0.1, 0.15) is 0 Å². The molecule has 0 saturated heterocycles. The number of phenols is 1. The molecule has 0 aliphatic carbocycles. The first kappa shape index (κ1) is 36.3. The van der Waals surface area contributed by atoms with Crippen molar-refractivity contribution >= 4 is 60.1 Å². The van der Waals surface area contributed by atoms with Crippen LogP contribution < -0.4 is 4.74 Å². The summed E-state index contributed by atoms with van der Waals surface area (Å²) in [7, 11) is 1.72. The molecule has 10 rings (SSSR count). The molecule has 0 radical (unpaired) electrons. The lowest BCUT2D eigenvalue weighted by atomic mass is 9.94. The Balaban J connectivity index is 0.000000155. The Labute approximate surface area is 337 Å². The lowest BCUT2D eigenvalue weighted by Gasteiger charge is -2.12. The van der Waals surface area contributed by atoms with Crippen molar-refractivity contribution < 1.29 is 9.84 Å². The number of aromatic hydroxyl groups is 1. The van der Waals surface area contributed by atoms with E-state index in [0.717, 1.165) is 33.0 Å². The van der Waals surface area contributed by atoms with Crippen LogP contribution >= 0.6 is 17.0 Å². The predicted molar refractivity (Wildman–Crippen MR) is 243 cm³/mol. The molecule has 270 valence electrons. The first-order valence-electron chi connectivity index (χ1n) is 18.6. The van der Waals surface area contributed by atoms with Crippen molar-refractivity contribution in [1.82, 2.24) is 0 Å². The fourth-order valence-electron chi connectivity index (χ4n) is 7.85. The van der Waals surface area contributed by atoms with Crippen molar-refractivity contribution in [1.29, 1.82) is 0 Å². The predicted octanol–water partition coefficient (Wildman–Crippen LogP) is 14.9. The minimum atomic E-state index is 0. The molecule has 0 amide bonds. The molecule has 3 heteroatoms. The number of rotatable bonds is 5. The van der Waals surface area contributed by atoms with Gasteiger partial charge in [0.05, 0.1) is 7.11 Å². The summed E-state index contributed by atoms with van der Waals surface area (Å²) >= 11 is 0. The van der Waals surface area contributed by atoms with Gasteiger partial charge in [-0.05, 0) is 89.0 Å². The first-order valence-corrected chi connectivity index (χ1v) is 18.6. The van der Waals surface area contributed by atoms with Gasteiger partial charge in [-0.1, -0.05) is 194 Å². The molecule has 0 spiro atoms. The zero-order valence-corrected chi connectivity index (χ0v) is 32.6. The Morgan fingerprint density at radius 3 is 1.11 bits per heavy atom. The average molecular weight is 788 g/mol. The highest BCUT2D eigenvalue weighted by atomic mass is 79.9.